The van der Waals surface area contributed by atoms with Crippen LogP contribution < -0.4 is 21.2 Å². The van der Waals surface area contributed by atoms with Gasteiger partial charge in [-0.15, -0.1) is 0 Å². The van der Waals surface area contributed by atoms with Crippen LogP contribution >= 0.6 is 0 Å². The van der Waals surface area contributed by atoms with Gasteiger partial charge in [-0.2, -0.15) is 0 Å². The third-order valence-electron chi connectivity index (χ3n) is 8.08. The van der Waals surface area contributed by atoms with E-state index in [0.717, 1.165) is 61.1 Å². The minimum absolute atomic E-state index is 0.0223. The van der Waals surface area contributed by atoms with Crippen molar-refractivity contribution in [3.8, 4) is 0 Å². The highest BCUT2D eigenvalue weighted by Crippen LogP contribution is 2.23. The highest BCUT2D eigenvalue weighted by atomic mass is 19.1. The molecule has 2 aromatic rings. The lowest BCUT2D eigenvalue weighted by molar-refractivity contribution is -0.142. The number of aromatic nitrogens is 1. The fraction of sp³-hybridized carbons (Fsp3) is 0.531. The van der Waals surface area contributed by atoms with Crippen LogP contribution in [0.15, 0.2) is 46.8 Å². The van der Waals surface area contributed by atoms with Crippen LogP contribution in [0, 0.1) is 5.82 Å². The van der Waals surface area contributed by atoms with Gasteiger partial charge in [-0.05, 0) is 82.2 Å². The minimum atomic E-state index is -1.13. The first-order chi connectivity index (χ1) is 20.4. The van der Waals surface area contributed by atoms with Gasteiger partial charge in [-0.1, -0.05) is 6.07 Å². The molecule has 1 aromatic carbocycles. The van der Waals surface area contributed by atoms with Gasteiger partial charge in [0, 0.05) is 55.8 Å². The number of carbonyl (C=O) groups excluding carboxylic acids is 1. The molecule has 1 aromatic heterocycles. The van der Waals surface area contributed by atoms with Crippen molar-refractivity contribution in [2.24, 2.45) is 4.99 Å². The Bertz CT molecular complexity index is 1430. The lowest BCUT2D eigenvalue weighted by Gasteiger charge is -2.29. The summed E-state index contributed by atoms with van der Waals surface area (Å²) in [6.45, 7) is 4.18. The molecule has 0 radical (unpaired) electrons. The van der Waals surface area contributed by atoms with Gasteiger partial charge >= 0.3 is 5.97 Å². The first-order valence-corrected chi connectivity index (χ1v) is 15.0. The van der Waals surface area contributed by atoms with Crippen molar-refractivity contribution in [2.75, 3.05) is 45.2 Å². The average molecular weight is 582 g/mol. The van der Waals surface area contributed by atoms with E-state index in [2.05, 4.69) is 32.7 Å². The molecule has 3 aliphatic rings. The number of hydrogen-bond acceptors (Lipinski definition) is 8. The normalized spacial score (nSPS) is 22.7. The number of ether oxygens (including phenoxy) is 2. The molecule has 8 nitrogen and oxygen atoms in total. The SMILES string of the molecule is COC[C@@H](F)CN(CCCCc1ccc2c(n1)NCCC2)CC[C@@H]1N\C2=c3/ccc(F)c/c3=N/C(C)=C(/CC2)OC1=O. The van der Waals surface area contributed by atoms with Gasteiger partial charge in [0.25, 0.3) is 0 Å². The molecule has 42 heavy (non-hydrogen) atoms. The van der Waals surface area contributed by atoms with Crippen molar-refractivity contribution in [1.82, 2.24) is 15.2 Å². The first-order valence-electron chi connectivity index (χ1n) is 15.0. The summed E-state index contributed by atoms with van der Waals surface area (Å²) in [6, 6.07) is 8.17. The van der Waals surface area contributed by atoms with E-state index in [1.165, 1.54) is 24.8 Å². The first kappa shape index (κ1) is 30.1. The molecule has 3 aliphatic heterocycles. The maximum atomic E-state index is 14.7. The summed E-state index contributed by atoms with van der Waals surface area (Å²) < 4.78 is 39.5. The summed E-state index contributed by atoms with van der Waals surface area (Å²) in [5.74, 6) is 0.752. The van der Waals surface area contributed by atoms with E-state index in [0.29, 0.717) is 49.2 Å². The van der Waals surface area contributed by atoms with E-state index < -0.39 is 12.2 Å². The predicted molar refractivity (Wildman–Crippen MR) is 157 cm³/mol. The molecule has 226 valence electrons. The van der Waals surface area contributed by atoms with Crippen molar-refractivity contribution in [3.05, 3.63) is 69.4 Å². The number of esters is 1. The number of nitrogens with one attached hydrogen (secondary N) is 2. The third kappa shape index (κ3) is 7.72. The Labute approximate surface area is 245 Å². The smallest absolute Gasteiger partial charge is 0.333 e. The number of methoxy groups -OCH3 is 1. The highest BCUT2D eigenvalue weighted by molar-refractivity contribution is 5.79. The number of allylic oxidation sites excluding steroid dienone is 2. The van der Waals surface area contributed by atoms with Gasteiger partial charge in [0.1, 0.15) is 29.6 Å². The molecular formula is C32H41F2N5O3. The van der Waals surface area contributed by atoms with E-state index in [1.54, 1.807) is 13.0 Å². The molecule has 0 amide bonds. The van der Waals surface area contributed by atoms with E-state index in [1.807, 2.05) is 0 Å². The van der Waals surface area contributed by atoms with Crippen LogP contribution in [0.2, 0.25) is 0 Å². The van der Waals surface area contributed by atoms with Crippen LogP contribution in [0.5, 0.6) is 0 Å². The monoisotopic (exact) mass is 581 g/mol. The molecule has 1 fully saturated rings. The Morgan fingerprint density at radius 1 is 1.17 bits per heavy atom. The average Bonchev–Trinajstić information content (AvgIpc) is 2.96. The second kappa shape index (κ2) is 14.2. The zero-order chi connectivity index (χ0) is 29.5. The van der Waals surface area contributed by atoms with Crippen LogP contribution in [0.3, 0.4) is 0 Å². The standard InChI is InChI=1S/C32H41F2N5O3/c1-21-30-13-12-27(26-11-9-23(33)18-29(26)36-21)38-28(32(40)42-30)14-17-39(19-24(34)20-41-2)16-4-3-7-25-10-8-22-6-5-15-35-31(22)37-25/h8-11,18,24,28,38H,3-7,12-17,19-20H2,1-2H3,(H,35,37)/b27-26+,30-21-,36-29-/t24-,28-/m0/s1. The van der Waals surface area contributed by atoms with Gasteiger partial charge < -0.3 is 25.0 Å². The lowest BCUT2D eigenvalue weighted by atomic mass is 10.0. The maximum Gasteiger partial charge on any atom is 0.333 e. The molecule has 10 heteroatoms. The molecule has 4 heterocycles. The Hall–Kier alpha value is -3.37. The summed E-state index contributed by atoms with van der Waals surface area (Å²) >= 11 is 0. The Morgan fingerprint density at radius 2 is 2.05 bits per heavy atom. The molecule has 0 spiro atoms. The quantitative estimate of drug-likeness (QED) is 0.293. The van der Waals surface area contributed by atoms with E-state index in [4.69, 9.17) is 14.5 Å². The van der Waals surface area contributed by atoms with Gasteiger partial charge in [-0.25, -0.2) is 23.6 Å². The molecule has 2 N–H and O–H groups in total. The lowest BCUT2D eigenvalue weighted by Crippen LogP contribution is -2.46. The second-order valence-electron chi connectivity index (χ2n) is 11.3. The summed E-state index contributed by atoms with van der Waals surface area (Å²) in [7, 11) is 1.50. The van der Waals surface area contributed by atoms with Gasteiger partial charge in [0.15, 0.2) is 0 Å². The molecule has 2 bridgehead atoms. The number of rotatable bonds is 12. The Morgan fingerprint density at radius 3 is 2.90 bits per heavy atom. The largest absolute Gasteiger partial charge is 0.428 e. The van der Waals surface area contributed by atoms with Crippen LogP contribution in [-0.4, -0.2) is 68.0 Å². The van der Waals surface area contributed by atoms with Crippen molar-refractivity contribution in [2.45, 2.75) is 70.5 Å². The summed E-state index contributed by atoms with van der Waals surface area (Å²) in [5, 5.41) is 8.05. The van der Waals surface area contributed by atoms with Crippen molar-refractivity contribution in [3.63, 3.8) is 0 Å². The number of pyridine rings is 1. The van der Waals surface area contributed by atoms with E-state index in [-0.39, 0.29) is 24.9 Å². The Balaban J connectivity index is 1.25. The second-order valence-corrected chi connectivity index (χ2v) is 11.3. The highest BCUT2D eigenvalue weighted by Gasteiger charge is 2.28. The maximum absolute atomic E-state index is 14.7. The summed E-state index contributed by atoms with van der Waals surface area (Å²) in [6.07, 6.45) is 5.29. The Kier molecular flexibility index (Phi) is 10.2. The van der Waals surface area contributed by atoms with E-state index >= 15 is 0 Å². The fourth-order valence-electron chi connectivity index (χ4n) is 5.85. The number of fused-ring (bicyclic) bond motifs is 5. The molecule has 0 unspecified atom stereocenters. The van der Waals surface area contributed by atoms with Crippen molar-refractivity contribution >= 4 is 17.5 Å². The van der Waals surface area contributed by atoms with Crippen LogP contribution in [0.1, 0.15) is 56.7 Å². The fourth-order valence-corrected chi connectivity index (χ4v) is 5.85. The van der Waals surface area contributed by atoms with Crippen LogP contribution in [-0.2, 0) is 27.1 Å². The minimum Gasteiger partial charge on any atom is -0.428 e. The number of aryl methyl sites for hydroxylation is 2. The molecule has 1 saturated heterocycles. The van der Waals surface area contributed by atoms with Crippen molar-refractivity contribution in [1.29, 1.82) is 0 Å². The number of carbonyl (C=O) groups is 1. The third-order valence-corrected chi connectivity index (χ3v) is 8.08. The molecule has 0 aliphatic carbocycles. The van der Waals surface area contributed by atoms with E-state index in [9.17, 15) is 13.6 Å². The van der Waals surface area contributed by atoms with Gasteiger partial charge in [0.2, 0.25) is 0 Å². The topological polar surface area (TPSA) is 88.1 Å². The zero-order valence-corrected chi connectivity index (χ0v) is 24.6. The number of anilines is 1. The van der Waals surface area contributed by atoms with Crippen molar-refractivity contribution < 1.29 is 23.0 Å². The number of halogens is 2. The van der Waals surface area contributed by atoms with Crippen LogP contribution in [0.4, 0.5) is 14.6 Å². The zero-order valence-electron chi connectivity index (χ0n) is 24.6. The van der Waals surface area contributed by atoms with Gasteiger partial charge in [-0.3, -0.25) is 0 Å². The summed E-state index contributed by atoms with van der Waals surface area (Å²) in [4.78, 5) is 24.6. The molecular weight excluding hydrogens is 540 g/mol. The summed E-state index contributed by atoms with van der Waals surface area (Å²) in [5.41, 5.74) is 3.75. The number of unbranched alkanes of at least 4 members (excludes halogenated alkanes) is 1. The molecule has 2 atom stereocenters. The number of nitrogens with zero attached hydrogens (tertiary/aromatic N) is 3. The number of alkyl halides is 1. The molecule has 5 rings (SSSR count). The number of benzene rings is 1. The number of hydrogen-bond donors (Lipinski definition) is 2. The molecule has 0 saturated carbocycles. The van der Waals surface area contributed by atoms with Gasteiger partial charge in [0.05, 0.1) is 17.7 Å². The predicted octanol–water partition coefficient (Wildman–Crippen LogP) is 3.55. The van der Waals surface area contributed by atoms with Crippen LogP contribution in [0.25, 0.3) is 5.70 Å².